The van der Waals surface area contributed by atoms with Crippen LogP contribution in [0.5, 0.6) is 0 Å². The van der Waals surface area contributed by atoms with Gasteiger partial charge in [-0.05, 0) is 30.4 Å². The lowest BCUT2D eigenvalue weighted by atomic mass is 10.0. The largest absolute Gasteiger partial charge is 0.351 e. The highest BCUT2D eigenvalue weighted by atomic mass is 35.5. The Morgan fingerprint density at radius 2 is 1.94 bits per heavy atom. The van der Waals surface area contributed by atoms with E-state index in [1.807, 2.05) is 31.2 Å². The van der Waals surface area contributed by atoms with E-state index in [-0.39, 0.29) is 18.3 Å². The van der Waals surface area contributed by atoms with Crippen LogP contribution in [-0.4, -0.2) is 11.9 Å². The van der Waals surface area contributed by atoms with Gasteiger partial charge in [0.05, 0.1) is 6.04 Å². The first-order valence-electron chi connectivity index (χ1n) is 6.08. The molecule has 0 aromatic heterocycles. The summed E-state index contributed by atoms with van der Waals surface area (Å²) in [4.78, 5) is 11.7. The predicted molar refractivity (Wildman–Crippen MR) is 77.7 cm³/mol. The normalized spacial score (nSPS) is 11.8. The van der Waals surface area contributed by atoms with Gasteiger partial charge < -0.3 is 11.1 Å². The Bertz CT molecular complexity index is 380. The zero-order chi connectivity index (χ0) is 12.8. The Hall–Kier alpha value is -1.06. The van der Waals surface area contributed by atoms with Crippen molar-refractivity contribution in [3.05, 3.63) is 35.4 Å². The van der Waals surface area contributed by atoms with Crippen LogP contribution in [0.2, 0.25) is 0 Å². The lowest BCUT2D eigenvalue weighted by Crippen LogP contribution is -2.41. The molecule has 1 aromatic rings. The third-order valence-electron chi connectivity index (χ3n) is 2.78. The summed E-state index contributed by atoms with van der Waals surface area (Å²) in [5.41, 5.74) is 8.13. The number of hydrogen-bond donors (Lipinski definition) is 2. The van der Waals surface area contributed by atoms with E-state index in [4.69, 9.17) is 5.73 Å². The van der Waals surface area contributed by atoms with E-state index < -0.39 is 6.04 Å². The average Bonchev–Trinajstić information content (AvgIpc) is 2.26. The Kier molecular flexibility index (Phi) is 7.64. The third kappa shape index (κ3) is 5.52. The standard InChI is InChI=1S/C14H22N2O.ClH/c1-10(2)8-13(15)14(17)16-9-12-7-5-4-6-11(12)3;/h4-7,10,13H,8-9,15H2,1-3H3,(H,16,17);1H/t13-;/m0./s1. The molecule has 0 aliphatic rings. The van der Waals surface area contributed by atoms with E-state index in [2.05, 4.69) is 19.2 Å². The molecule has 3 N–H and O–H groups in total. The lowest BCUT2D eigenvalue weighted by Gasteiger charge is -2.14. The van der Waals surface area contributed by atoms with Gasteiger partial charge in [-0.25, -0.2) is 0 Å². The highest BCUT2D eigenvalue weighted by Crippen LogP contribution is 2.07. The van der Waals surface area contributed by atoms with Gasteiger partial charge in [-0.1, -0.05) is 38.1 Å². The first kappa shape index (κ1) is 16.9. The van der Waals surface area contributed by atoms with Gasteiger partial charge in [0.25, 0.3) is 0 Å². The van der Waals surface area contributed by atoms with Gasteiger partial charge in [0.1, 0.15) is 0 Å². The van der Waals surface area contributed by atoms with E-state index in [1.54, 1.807) is 0 Å². The van der Waals surface area contributed by atoms with Crippen LogP contribution in [0.1, 0.15) is 31.4 Å². The van der Waals surface area contributed by atoms with Gasteiger partial charge in [0, 0.05) is 6.54 Å². The Labute approximate surface area is 116 Å². The molecule has 0 aliphatic carbocycles. The number of carbonyl (C=O) groups excluding carboxylic acids is 1. The van der Waals surface area contributed by atoms with Crippen molar-refractivity contribution in [2.75, 3.05) is 0 Å². The summed E-state index contributed by atoms with van der Waals surface area (Å²) in [6.07, 6.45) is 0.722. The smallest absolute Gasteiger partial charge is 0.237 e. The second-order valence-electron chi connectivity index (χ2n) is 4.88. The average molecular weight is 271 g/mol. The highest BCUT2D eigenvalue weighted by Gasteiger charge is 2.14. The van der Waals surface area contributed by atoms with Crippen LogP contribution in [0, 0.1) is 12.8 Å². The fourth-order valence-corrected chi connectivity index (χ4v) is 1.74. The number of amides is 1. The second-order valence-corrected chi connectivity index (χ2v) is 4.88. The van der Waals surface area contributed by atoms with E-state index in [9.17, 15) is 4.79 Å². The van der Waals surface area contributed by atoms with Gasteiger partial charge >= 0.3 is 0 Å². The van der Waals surface area contributed by atoms with Crippen LogP contribution in [-0.2, 0) is 11.3 Å². The van der Waals surface area contributed by atoms with Crippen LogP contribution < -0.4 is 11.1 Å². The van der Waals surface area contributed by atoms with Crippen molar-refractivity contribution < 1.29 is 4.79 Å². The quantitative estimate of drug-likeness (QED) is 0.863. The molecule has 0 heterocycles. The molecule has 1 atom stereocenters. The van der Waals surface area contributed by atoms with Gasteiger partial charge in [-0.3, -0.25) is 4.79 Å². The molecule has 0 saturated carbocycles. The third-order valence-corrected chi connectivity index (χ3v) is 2.78. The molecule has 0 unspecified atom stereocenters. The minimum atomic E-state index is -0.404. The molecular weight excluding hydrogens is 248 g/mol. The number of carbonyl (C=O) groups is 1. The van der Waals surface area contributed by atoms with Crippen molar-refractivity contribution >= 4 is 18.3 Å². The maximum Gasteiger partial charge on any atom is 0.237 e. The Morgan fingerprint density at radius 3 is 2.50 bits per heavy atom. The molecule has 0 spiro atoms. The first-order chi connectivity index (χ1) is 8.00. The fraction of sp³-hybridized carbons (Fsp3) is 0.500. The number of benzene rings is 1. The van der Waals surface area contributed by atoms with Crippen LogP contribution in [0.15, 0.2) is 24.3 Å². The minimum absolute atomic E-state index is 0. The monoisotopic (exact) mass is 270 g/mol. The van der Waals surface area contributed by atoms with Gasteiger partial charge in [-0.2, -0.15) is 0 Å². The number of hydrogen-bond acceptors (Lipinski definition) is 2. The van der Waals surface area contributed by atoms with Crippen molar-refractivity contribution in [3.63, 3.8) is 0 Å². The topological polar surface area (TPSA) is 55.1 Å². The van der Waals surface area contributed by atoms with Crippen LogP contribution in [0.25, 0.3) is 0 Å². The number of aryl methyl sites for hydroxylation is 1. The summed E-state index contributed by atoms with van der Waals surface area (Å²) < 4.78 is 0. The number of nitrogens with two attached hydrogens (primary N) is 1. The molecule has 1 amide bonds. The molecule has 1 aromatic carbocycles. The van der Waals surface area contributed by atoms with E-state index in [0.29, 0.717) is 12.5 Å². The molecule has 1 rings (SSSR count). The van der Waals surface area contributed by atoms with Crippen molar-refractivity contribution in [2.45, 2.75) is 39.8 Å². The van der Waals surface area contributed by atoms with Gasteiger partial charge in [-0.15, -0.1) is 12.4 Å². The lowest BCUT2D eigenvalue weighted by molar-refractivity contribution is -0.122. The molecule has 3 nitrogen and oxygen atoms in total. The molecule has 18 heavy (non-hydrogen) atoms. The second kappa shape index (κ2) is 8.11. The summed E-state index contributed by atoms with van der Waals surface area (Å²) >= 11 is 0. The summed E-state index contributed by atoms with van der Waals surface area (Å²) in [6, 6.07) is 7.62. The molecular formula is C14H23ClN2O. The molecule has 4 heteroatoms. The SMILES string of the molecule is Cc1ccccc1CNC(=O)[C@@H](N)CC(C)C.Cl. The van der Waals surface area contributed by atoms with Crippen LogP contribution >= 0.6 is 12.4 Å². The summed E-state index contributed by atoms with van der Waals surface area (Å²) in [5.74, 6) is 0.371. The molecule has 0 saturated heterocycles. The summed E-state index contributed by atoms with van der Waals surface area (Å²) in [6.45, 7) is 6.72. The Morgan fingerprint density at radius 1 is 1.33 bits per heavy atom. The summed E-state index contributed by atoms with van der Waals surface area (Å²) in [7, 11) is 0. The van der Waals surface area contributed by atoms with E-state index in [0.717, 1.165) is 12.0 Å². The highest BCUT2D eigenvalue weighted by molar-refractivity contribution is 5.85. The zero-order valence-corrected chi connectivity index (χ0v) is 12.1. The van der Waals surface area contributed by atoms with Crippen LogP contribution in [0.3, 0.4) is 0 Å². The van der Waals surface area contributed by atoms with Crippen molar-refractivity contribution in [1.29, 1.82) is 0 Å². The predicted octanol–water partition coefficient (Wildman–Crippen LogP) is 2.41. The molecule has 0 fully saturated rings. The number of rotatable bonds is 5. The Balaban J connectivity index is 0.00000289. The first-order valence-corrected chi connectivity index (χ1v) is 6.08. The molecule has 0 aliphatic heterocycles. The van der Waals surface area contributed by atoms with E-state index in [1.165, 1.54) is 5.56 Å². The maximum atomic E-state index is 11.7. The van der Waals surface area contributed by atoms with Crippen molar-refractivity contribution in [1.82, 2.24) is 5.32 Å². The van der Waals surface area contributed by atoms with Crippen molar-refractivity contribution in [3.8, 4) is 0 Å². The van der Waals surface area contributed by atoms with Crippen molar-refractivity contribution in [2.24, 2.45) is 11.7 Å². The molecule has 0 radical (unpaired) electrons. The zero-order valence-electron chi connectivity index (χ0n) is 11.3. The minimum Gasteiger partial charge on any atom is -0.351 e. The van der Waals surface area contributed by atoms with Gasteiger partial charge in [0.15, 0.2) is 0 Å². The molecule has 0 bridgehead atoms. The van der Waals surface area contributed by atoms with E-state index >= 15 is 0 Å². The maximum absolute atomic E-state index is 11.7. The summed E-state index contributed by atoms with van der Waals surface area (Å²) in [5, 5.41) is 2.88. The van der Waals surface area contributed by atoms with Crippen LogP contribution in [0.4, 0.5) is 0 Å². The van der Waals surface area contributed by atoms with Gasteiger partial charge in [0.2, 0.25) is 5.91 Å². The fourth-order valence-electron chi connectivity index (χ4n) is 1.74. The number of halogens is 1. The number of nitrogens with one attached hydrogen (secondary N) is 1. The molecule has 102 valence electrons.